The van der Waals surface area contributed by atoms with Crippen molar-refractivity contribution in [2.45, 2.75) is 25.7 Å². The zero-order valence-electron chi connectivity index (χ0n) is 15.7. The molecule has 0 radical (unpaired) electrons. The molecule has 0 fully saturated rings. The number of nitrogens with zero attached hydrogens (tertiary/aromatic N) is 2. The molecule has 0 bridgehead atoms. The largest absolute Gasteiger partial charge is 0.308 e. The molecule has 140 valence electrons. The number of hydrogen-bond acceptors (Lipinski definition) is 4. The van der Waals surface area contributed by atoms with E-state index >= 15 is 0 Å². The Morgan fingerprint density at radius 1 is 1.12 bits per heavy atom. The highest BCUT2D eigenvalue weighted by Crippen LogP contribution is 2.24. The van der Waals surface area contributed by atoms with E-state index in [1.165, 1.54) is 26.3 Å². The maximum absolute atomic E-state index is 13.0. The fourth-order valence-electron chi connectivity index (χ4n) is 2.72. The van der Waals surface area contributed by atoms with Crippen molar-refractivity contribution in [3.05, 3.63) is 59.2 Å². The Kier molecular flexibility index (Phi) is 6.17. The fraction of sp³-hybridized carbons (Fsp3) is 0.316. The van der Waals surface area contributed by atoms with Gasteiger partial charge in [0.2, 0.25) is 0 Å². The summed E-state index contributed by atoms with van der Waals surface area (Å²) >= 11 is 0. The van der Waals surface area contributed by atoms with Gasteiger partial charge in [0.15, 0.2) is 0 Å². The normalized spacial score (nSPS) is 11.6. The number of benzene rings is 2. The summed E-state index contributed by atoms with van der Waals surface area (Å²) in [5.41, 5.74) is 3.22. The Balaban J connectivity index is 2.44. The first kappa shape index (κ1) is 20.1. The molecule has 0 N–H and O–H groups in total. The maximum Gasteiger partial charge on any atom is 0.264 e. The lowest BCUT2D eigenvalue weighted by molar-refractivity contribution is -0.0258. The second-order valence-corrected chi connectivity index (χ2v) is 7.90. The average molecular weight is 376 g/mol. The highest BCUT2D eigenvalue weighted by Gasteiger charge is 2.24. The summed E-state index contributed by atoms with van der Waals surface area (Å²) < 4.78 is 25.6. The van der Waals surface area contributed by atoms with Crippen LogP contribution in [0.2, 0.25) is 0 Å². The molecule has 7 heteroatoms. The van der Waals surface area contributed by atoms with Crippen LogP contribution >= 0.6 is 0 Å². The summed E-state index contributed by atoms with van der Waals surface area (Å²) in [6.07, 6.45) is 0. The molecule has 0 aliphatic heterocycles. The van der Waals surface area contributed by atoms with E-state index in [9.17, 15) is 13.2 Å². The Hall–Kier alpha value is -2.22. The van der Waals surface area contributed by atoms with Crippen molar-refractivity contribution in [1.29, 1.82) is 0 Å². The number of anilines is 1. The van der Waals surface area contributed by atoms with Gasteiger partial charge in [-0.15, -0.1) is 0 Å². The number of amides is 1. The molecule has 2 rings (SSSR count). The number of rotatable bonds is 6. The number of hydroxylamine groups is 1. The molecule has 0 saturated heterocycles. The Labute approximate surface area is 155 Å². The van der Waals surface area contributed by atoms with E-state index in [4.69, 9.17) is 4.84 Å². The number of sulfonamides is 1. The predicted molar refractivity (Wildman–Crippen MR) is 102 cm³/mol. The molecule has 0 aromatic heterocycles. The summed E-state index contributed by atoms with van der Waals surface area (Å²) in [4.78, 5) is 19.4. The topological polar surface area (TPSA) is 66.9 Å². The van der Waals surface area contributed by atoms with Crippen molar-refractivity contribution in [1.82, 2.24) is 4.47 Å². The smallest absolute Gasteiger partial charge is 0.264 e. The molecule has 1 amide bonds. The van der Waals surface area contributed by atoms with Crippen LogP contribution in [0.5, 0.6) is 0 Å². The van der Waals surface area contributed by atoms with Gasteiger partial charge in [0.25, 0.3) is 15.9 Å². The van der Waals surface area contributed by atoms with Crippen molar-refractivity contribution >= 4 is 21.6 Å². The predicted octanol–water partition coefficient (Wildman–Crippen LogP) is 3.15. The van der Waals surface area contributed by atoms with Crippen LogP contribution in [0, 0.1) is 13.8 Å². The first-order chi connectivity index (χ1) is 12.2. The highest BCUT2D eigenvalue weighted by atomic mass is 32.2. The molecule has 0 atom stereocenters. The lowest BCUT2D eigenvalue weighted by Gasteiger charge is -2.24. The molecule has 0 heterocycles. The minimum absolute atomic E-state index is 0.00406. The second-order valence-electron chi connectivity index (χ2n) is 5.96. The lowest BCUT2D eigenvalue weighted by atomic mass is 10.1. The molecule has 0 aliphatic carbocycles. The van der Waals surface area contributed by atoms with Gasteiger partial charge in [-0.2, -0.15) is 0 Å². The number of hydrogen-bond donors (Lipinski definition) is 0. The highest BCUT2D eigenvalue weighted by molar-refractivity contribution is 7.89. The third-order valence-electron chi connectivity index (χ3n) is 4.18. The maximum atomic E-state index is 13.0. The molecule has 0 saturated carbocycles. The van der Waals surface area contributed by atoms with Crippen LogP contribution in [0.3, 0.4) is 0 Å². The van der Waals surface area contributed by atoms with E-state index in [1.807, 2.05) is 39.0 Å². The number of carbonyl (C=O) groups excluding carboxylic acids is 1. The van der Waals surface area contributed by atoms with Gasteiger partial charge in [0.05, 0.1) is 12.0 Å². The van der Waals surface area contributed by atoms with Crippen molar-refractivity contribution < 1.29 is 18.0 Å². The van der Waals surface area contributed by atoms with Gasteiger partial charge in [0.1, 0.15) is 0 Å². The summed E-state index contributed by atoms with van der Waals surface area (Å²) in [6.45, 7) is 6.30. The average Bonchev–Trinajstić information content (AvgIpc) is 2.63. The van der Waals surface area contributed by atoms with Gasteiger partial charge in [-0.25, -0.2) is 8.42 Å². The Morgan fingerprint density at radius 3 is 2.38 bits per heavy atom. The summed E-state index contributed by atoms with van der Waals surface area (Å²) in [5.74, 6) is -0.253. The van der Waals surface area contributed by atoms with Crippen LogP contribution < -0.4 is 4.90 Å². The second kappa shape index (κ2) is 7.99. The molecule has 0 aliphatic rings. The van der Waals surface area contributed by atoms with Gasteiger partial charge < -0.3 is 4.90 Å². The van der Waals surface area contributed by atoms with Crippen LogP contribution in [-0.4, -0.2) is 39.5 Å². The van der Waals surface area contributed by atoms with Gasteiger partial charge in [-0.3, -0.25) is 9.63 Å². The first-order valence-corrected chi connectivity index (χ1v) is 9.68. The quantitative estimate of drug-likeness (QED) is 0.727. The Bertz CT molecular complexity index is 910. The number of aryl methyl sites for hydroxylation is 2. The van der Waals surface area contributed by atoms with Crippen molar-refractivity contribution in [3.8, 4) is 0 Å². The fourth-order valence-corrected chi connectivity index (χ4v) is 3.74. The van der Waals surface area contributed by atoms with E-state index < -0.39 is 10.0 Å². The van der Waals surface area contributed by atoms with Crippen LogP contribution in [0.4, 0.5) is 5.69 Å². The third kappa shape index (κ3) is 3.95. The molecule has 26 heavy (non-hydrogen) atoms. The first-order valence-electron chi connectivity index (χ1n) is 8.24. The van der Waals surface area contributed by atoms with Gasteiger partial charge in [-0.05, 0) is 50.6 Å². The monoisotopic (exact) mass is 376 g/mol. The van der Waals surface area contributed by atoms with E-state index in [0.717, 1.165) is 21.3 Å². The van der Waals surface area contributed by atoms with E-state index in [-0.39, 0.29) is 10.8 Å². The molecule has 2 aromatic rings. The molecule has 0 unspecified atom stereocenters. The SMILES string of the molecule is CCN(C(=O)c1cccc(S(=O)(=O)N(C)OC)c1)c1ccc(C)cc1C. The molecular weight excluding hydrogens is 352 g/mol. The van der Waals surface area contributed by atoms with Gasteiger partial charge in [-0.1, -0.05) is 28.2 Å². The zero-order chi connectivity index (χ0) is 19.5. The standard InChI is InChI=1S/C19H24N2O4S/c1-6-21(18-11-10-14(2)12-15(18)3)19(22)16-8-7-9-17(13-16)26(23,24)20(4)25-5/h7-13H,6H2,1-5H3. The van der Waals surface area contributed by atoms with Crippen molar-refractivity contribution in [2.24, 2.45) is 0 Å². The molecule has 6 nitrogen and oxygen atoms in total. The minimum Gasteiger partial charge on any atom is -0.308 e. The number of carbonyl (C=O) groups is 1. The van der Waals surface area contributed by atoms with E-state index in [1.54, 1.807) is 17.0 Å². The summed E-state index contributed by atoms with van der Waals surface area (Å²) in [7, 11) is -1.24. The van der Waals surface area contributed by atoms with Gasteiger partial charge in [0, 0.05) is 24.8 Å². The van der Waals surface area contributed by atoms with E-state index in [2.05, 4.69) is 0 Å². The zero-order valence-corrected chi connectivity index (χ0v) is 16.5. The van der Waals surface area contributed by atoms with Crippen LogP contribution in [-0.2, 0) is 14.9 Å². The van der Waals surface area contributed by atoms with Crippen molar-refractivity contribution in [3.63, 3.8) is 0 Å². The lowest BCUT2D eigenvalue weighted by Crippen LogP contribution is -2.31. The minimum atomic E-state index is -3.82. The third-order valence-corrected chi connectivity index (χ3v) is 5.85. The van der Waals surface area contributed by atoms with Crippen molar-refractivity contribution in [2.75, 3.05) is 25.6 Å². The summed E-state index contributed by atoms with van der Waals surface area (Å²) in [6, 6.07) is 11.9. The van der Waals surface area contributed by atoms with Crippen LogP contribution in [0.25, 0.3) is 0 Å². The van der Waals surface area contributed by atoms with Crippen LogP contribution in [0.15, 0.2) is 47.4 Å². The molecule has 2 aromatic carbocycles. The molecule has 0 spiro atoms. The van der Waals surface area contributed by atoms with Gasteiger partial charge >= 0.3 is 0 Å². The van der Waals surface area contributed by atoms with Crippen LogP contribution in [0.1, 0.15) is 28.4 Å². The summed E-state index contributed by atoms with van der Waals surface area (Å²) in [5, 5.41) is 0. The Morgan fingerprint density at radius 2 is 1.81 bits per heavy atom. The molecular formula is C19H24N2O4S. The van der Waals surface area contributed by atoms with E-state index in [0.29, 0.717) is 12.1 Å².